The zero-order valence-corrected chi connectivity index (χ0v) is 22.4. The van der Waals surface area contributed by atoms with Crippen molar-refractivity contribution in [2.45, 2.75) is 11.8 Å². The quantitative estimate of drug-likeness (QED) is 0.353. The van der Waals surface area contributed by atoms with E-state index in [1.807, 2.05) is 0 Å². The minimum atomic E-state index is -4.57. The summed E-state index contributed by atoms with van der Waals surface area (Å²) in [4.78, 5) is -0.338. The van der Waals surface area contributed by atoms with Gasteiger partial charge in [-0.2, -0.15) is 8.42 Å². The fourth-order valence-corrected chi connectivity index (χ4v) is 5.14. The van der Waals surface area contributed by atoms with Crippen molar-refractivity contribution >= 4 is 31.9 Å². The first-order chi connectivity index (χ1) is 17.4. The first-order valence-corrected chi connectivity index (χ1v) is 13.7. The van der Waals surface area contributed by atoms with Crippen molar-refractivity contribution in [2.24, 2.45) is 0 Å². The first-order valence-electron chi connectivity index (χ1n) is 10.7. The number of benzene rings is 3. The lowest BCUT2D eigenvalue weighted by Gasteiger charge is -2.15. The minimum absolute atomic E-state index is 0.136. The molecule has 37 heavy (non-hydrogen) atoms. The third-order valence-corrected chi connectivity index (χ3v) is 7.26. The van der Waals surface area contributed by atoms with Gasteiger partial charge in [-0.15, -0.1) is 0 Å². The van der Waals surface area contributed by atoms with Crippen molar-refractivity contribution < 1.29 is 40.3 Å². The van der Waals surface area contributed by atoms with E-state index in [4.69, 9.17) is 18.9 Å². The second kappa shape index (κ2) is 11.1. The summed E-state index contributed by atoms with van der Waals surface area (Å²) in [6.45, 7) is 1.75. The molecule has 12 heteroatoms. The number of aryl methyl sites for hydroxylation is 1. The topological polar surface area (TPSA) is 137 Å². The number of hydrogen-bond donors (Lipinski definition) is 2. The molecule has 198 valence electrons. The van der Waals surface area contributed by atoms with Gasteiger partial charge in [-0.1, -0.05) is 11.6 Å². The molecule has 0 amide bonds. The summed E-state index contributed by atoms with van der Waals surface area (Å²) in [5.74, 6) is 1.43. The van der Waals surface area contributed by atoms with Gasteiger partial charge in [0.15, 0.2) is 0 Å². The van der Waals surface area contributed by atoms with E-state index in [1.54, 1.807) is 25.1 Å². The molecule has 3 aromatic rings. The Hall–Kier alpha value is -3.74. The van der Waals surface area contributed by atoms with Crippen LogP contribution in [0.1, 0.15) is 11.1 Å². The van der Waals surface area contributed by atoms with E-state index in [-0.39, 0.29) is 27.5 Å². The summed E-state index contributed by atoms with van der Waals surface area (Å²) >= 11 is 0. The summed E-state index contributed by atoms with van der Waals surface area (Å²) in [6, 6.07) is 11.9. The average molecular weight is 550 g/mol. The largest absolute Gasteiger partial charge is 0.496 e. The lowest BCUT2D eigenvalue weighted by molar-refractivity contribution is 0.374. The number of hydrogen-bond acceptors (Lipinski definition) is 8. The van der Waals surface area contributed by atoms with Crippen LogP contribution in [0, 0.1) is 6.92 Å². The molecule has 2 N–H and O–H groups in total. The summed E-state index contributed by atoms with van der Waals surface area (Å²) in [6.07, 6.45) is 1.32. The zero-order valence-electron chi connectivity index (χ0n) is 20.8. The maximum atomic E-state index is 12.9. The van der Waals surface area contributed by atoms with Gasteiger partial charge < -0.3 is 18.9 Å². The van der Waals surface area contributed by atoms with Gasteiger partial charge in [0, 0.05) is 28.9 Å². The highest BCUT2D eigenvalue weighted by Crippen LogP contribution is 2.38. The molecule has 0 aromatic heterocycles. The Balaban J connectivity index is 2.03. The van der Waals surface area contributed by atoms with Crippen LogP contribution < -0.4 is 23.7 Å². The van der Waals surface area contributed by atoms with Crippen LogP contribution in [0.2, 0.25) is 0 Å². The number of ether oxygens (including phenoxy) is 4. The van der Waals surface area contributed by atoms with E-state index in [2.05, 4.69) is 4.72 Å². The fourth-order valence-electron chi connectivity index (χ4n) is 3.61. The maximum Gasteiger partial charge on any atom is 0.295 e. The number of methoxy groups -OCH3 is 4. The molecule has 0 aliphatic carbocycles. The lowest BCUT2D eigenvalue weighted by atomic mass is 10.0. The molecule has 10 nitrogen and oxygen atoms in total. The van der Waals surface area contributed by atoms with Gasteiger partial charge in [0.1, 0.15) is 27.9 Å². The molecular formula is C25H27NO9S2. The second-order valence-electron chi connectivity index (χ2n) is 7.79. The minimum Gasteiger partial charge on any atom is -0.496 e. The number of nitrogens with one attached hydrogen (secondary N) is 1. The molecule has 0 aliphatic heterocycles. The smallest absolute Gasteiger partial charge is 0.295 e. The van der Waals surface area contributed by atoms with E-state index in [1.165, 1.54) is 64.8 Å². The Bertz CT molecular complexity index is 1520. The second-order valence-corrected chi connectivity index (χ2v) is 10.7. The van der Waals surface area contributed by atoms with Crippen LogP contribution >= 0.6 is 0 Å². The Morgan fingerprint density at radius 1 is 0.757 bits per heavy atom. The molecule has 0 unspecified atom stereocenters. The molecule has 3 aromatic carbocycles. The van der Waals surface area contributed by atoms with Crippen LogP contribution in [0.5, 0.6) is 23.0 Å². The molecule has 0 fully saturated rings. The number of sulfonamides is 1. The average Bonchev–Trinajstić information content (AvgIpc) is 2.85. The van der Waals surface area contributed by atoms with E-state index in [0.717, 1.165) is 11.0 Å². The Kier molecular flexibility index (Phi) is 8.36. The lowest BCUT2D eigenvalue weighted by Crippen LogP contribution is -2.09. The summed E-state index contributed by atoms with van der Waals surface area (Å²) in [5.41, 5.74) is 1.66. The molecular weight excluding hydrogens is 522 g/mol. The van der Waals surface area contributed by atoms with Crippen LogP contribution in [-0.2, 0) is 20.1 Å². The SMILES string of the molecule is COc1cc(OC)c(C=CS(=O)(=O)Nc2ccc(OC)c(-c3cc(C)ccc3S(=O)(=O)O)c2)c(OC)c1. The van der Waals surface area contributed by atoms with E-state index in [9.17, 15) is 21.4 Å². The highest BCUT2D eigenvalue weighted by atomic mass is 32.2. The molecule has 0 heterocycles. The number of rotatable bonds is 10. The molecule has 0 spiro atoms. The molecule has 0 bridgehead atoms. The Morgan fingerprint density at radius 3 is 1.92 bits per heavy atom. The normalized spacial score (nSPS) is 11.8. The van der Waals surface area contributed by atoms with Crippen molar-refractivity contribution in [3.05, 3.63) is 65.1 Å². The van der Waals surface area contributed by atoms with Gasteiger partial charge in [0.05, 0.1) is 39.4 Å². The third kappa shape index (κ3) is 6.53. The Labute approximate surface area is 216 Å². The third-order valence-electron chi connectivity index (χ3n) is 5.33. The predicted octanol–water partition coefficient (Wildman–Crippen LogP) is 4.36. The monoisotopic (exact) mass is 549 g/mol. The van der Waals surface area contributed by atoms with E-state index in [0.29, 0.717) is 22.8 Å². The van der Waals surface area contributed by atoms with Crippen LogP contribution in [0.4, 0.5) is 5.69 Å². The van der Waals surface area contributed by atoms with Crippen LogP contribution in [0.25, 0.3) is 17.2 Å². The standard InChI is InChI=1S/C25H27NO9S2/c1-16-6-9-25(37(29,30)31)21(12-16)20-13-17(7-8-22(20)33-3)26-36(27,28)11-10-19-23(34-4)14-18(32-2)15-24(19)35-5/h6-15,26H,1-5H3,(H,29,30,31). The molecule has 0 saturated carbocycles. The van der Waals surface area contributed by atoms with E-state index >= 15 is 0 Å². The fraction of sp³-hybridized carbons (Fsp3) is 0.200. The first kappa shape index (κ1) is 27.8. The maximum absolute atomic E-state index is 12.9. The highest BCUT2D eigenvalue weighted by molar-refractivity contribution is 7.95. The molecule has 0 atom stereocenters. The van der Waals surface area contributed by atoms with Crippen molar-refractivity contribution in [3.63, 3.8) is 0 Å². The van der Waals surface area contributed by atoms with Gasteiger partial charge in [-0.25, -0.2) is 8.42 Å². The van der Waals surface area contributed by atoms with Gasteiger partial charge in [-0.3, -0.25) is 9.27 Å². The summed E-state index contributed by atoms with van der Waals surface area (Å²) in [5, 5.41) is 0.944. The van der Waals surface area contributed by atoms with Crippen LogP contribution in [0.15, 0.2) is 58.8 Å². The van der Waals surface area contributed by atoms with Crippen LogP contribution in [-0.4, -0.2) is 49.8 Å². The predicted molar refractivity (Wildman–Crippen MR) is 141 cm³/mol. The molecule has 3 rings (SSSR count). The molecule has 0 radical (unpaired) electrons. The van der Waals surface area contributed by atoms with Gasteiger partial charge in [0.25, 0.3) is 20.1 Å². The molecule has 0 aliphatic rings. The zero-order chi connectivity index (χ0) is 27.4. The number of anilines is 1. The van der Waals surface area contributed by atoms with Gasteiger partial charge >= 0.3 is 0 Å². The van der Waals surface area contributed by atoms with Gasteiger partial charge in [-0.05, 0) is 43.3 Å². The van der Waals surface area contributed by atoms with Crippen molar-refractivity contribution in [1.29, 1.82) is 0 Å². The Morgan fingerprint density at radius 2 is 1.38 bits per heavy atom. The van der Waals surface area contributed by atoms with Crippen molar-refractivity contribution in [1.82, 2.24) is 0 Å². The highest BCUT2D eigenvalue weighted by Gasteiger charge is 2.20. The molecule has 0 saturated heterocycles. The van der Waals surface area contributed by atoms with Crippen molar-refractivity contribution in [2.75, 3.05) is 33.2 Å². The van der Waals surface area contributed by atoms with E-state index < -0.39 is 20.1 Å². The van der Waals surface area contributed by atoms with Crippen LogP contribution in [0.3, 0.4) is 0 Å². The van der Waals surface area contributed by atoms with Gasteiger partial charge in [0.2, 0.25) is 0 Å². The van der Waals surface area contributed by atoms with Crippen molar-refractivity contribution in [3.8, 4) is 34.1 Å². The summed E-state index contributed by atoms with van der Waals surface area (Å²) in [7, 11) is -2.87. The summed E-state index contributed by atoms with van der Waals surface area (Å²) < 4.78 is 83.2.